The molecular weight excluding hydrogens is 371 g/mol. The van der Waals surface area contributed by atoms with Gasteiger partial charge >= 0.3 is 5.69 Å². The number of nitrogens with zero attached hydrogens (tertiary/aromatic N) is 3. The molecule has 1 atom stereocenters. The maximum Gasteiger partial charge on any atom is 0.319 e. The average Bonchev–Trinajstić information content (AvgIpc) is 2.54. The lowest BCUT2D eigenvalue weighted by Gasteiger charge is -2.32. The Hall–Kier alpha value is -2.41. The maximum atomic E-state index is 14.5. The molecular formula is C19H22ClFN4O2. The van der Waals surface area contributed by atoms with Gasteiger partial charge in [-0.1, -0.05) is 18.0 Å². The van der Waals surface area contributed by atoms with E-state index in [1.54, 1.807) is 19.0 Å². The lowest BCUT2D eigenvalue weighted by atomic mass is 9.80. The summed E-state index contributed by atoms with van der Waals surface area (Å²) in [7, 11) is 3.40. The fraction of sp³-hybridized carbons (Fsp3) is 0.421. The van der Waals surface area contributed by atoms with E-state index in [2.05, 4.69) is 10.3 Å². The smallest absolute Gasteiger partial charge is 0.319 e. The van der Waals surface area contributed by atoms with Gasteiger partial charge in [0.25, 0.3) is 0 Å². The van der Waals surface area contributed by atoms with Crippen molar-refractivity contribution in [3.8, 4) is 11.1 Å². The highest BCUT2D eigenvalue weighted by Crippen LogP contribution is 2.41. The molecule has 0 radical (unpaired) electrons. The molecule has 1 aliphatic rings. The first kappa shape index (κ1) is 19.4. The molecule has 1 aliphatic carbocycles. The SMILES string of the molecule is C[C@@H](Nc1nccc(-c2cc(F)c(N(C)C)cc2Cl)c1[N+](=O)[O-])C1CCC1. The number of rotatable bonds is 6. The molecule has 1 heterocycles. The minimum absolute atomic E-state index is 0.0727. The van der Waals surface area contributed by atoms with Crippen LogP contribution in [0.25, 0.3) is 11.1 Å². The van der Waals surface area contributed by atoms with Gasteiger partial charge in [0.05, 0.1) is 21.2 Å². The Bertz CT molecular complexity index is 871. The second kappa shape index (κ2) is 7.68. The van der Waals surface area contributed by atoms with E-state index < -0.39 is 10.7 Å². The van der Waals surface area contributed by atoms with Crippen molar-refractivity contribution in [2.24, 2.45) is 5.92 Å². The van der Waals surface area contributed by atoms with Gasteiger partial charge in [0, 0.05) is 31.9 Å². The second-order valence-electron chi connectivity index (χ2n) is 7.11. The third kappa shape index (κ3) is 3.83. The molecule has 27 heavy (non-hydrogen) atoms. The molecule has 1 fully saturated rings. The maximum absolute atomic E-state index is 14.5. The first-order valence-electron chi connectivity index (χ1n) is 8.86. The number of anilines is 2. The number of benzene rings is 1. The Morgan fingerprint density at radius 2 is 2.07 bits per heavy atom. The van der Waals surface area contributed by atoms with Gasteiger partial charge in [0.2, 0.25) is 5.82 Å². The fourth-order valence-corrected chi connectivity index (χ4v) is 3.58. The van der Waals surface area contributed by atoms with Crippen LogP contribution in [-0.4, -0.2) is 30.0 Å². The monoisotopic (exact) mass is 392 g/mol. The van der Waals surface area contributed by atoms with Gasteiger partial charge in [-0.25, -0.2) is 9.37 Å². The van der Waals surface area contributed by atoms with Crippen molar-refractivity contribution in [1.29, 1.82) is 0 Å². The number of nitrogens with one attached hydrogen (secondary N) is 1. The van der Waals surface area contributed by atoms with E-state index in [1.807, 2.05) is 6.92 Å². The molecule has 3 rings (SSSR count). The van der Waals surface area contributed by atoms with Crippen molar-refractivity contribution in [3.05, 3.63) is 45.4 Å². The fourth-order valence-electron chi connectivity index (χ4n) is 3.32. The molecule has 0 aliphatic heterocycles. The predicted octanol–water partition coefficient (Wildman–Crippen LogP) is 5.12. The van der Waals surface area contributed by atoms with E-state index in [0.29, 0.717) is 11.6 Å². The van der Waals surface area contributed by atoms with Crippen LogP contribution in [0.3, 0.4) is 0 Å². The number of pyridine rings is 1. The number of hydrogen-bond donors (Lipinski definition) is 1. The van der Waals surface area contributed by atoms with Crippen LogP contribution in [-0.2, 0) is 0 Å². The summed E-state index contributed by atoms with van der Waals surface area (Å²) in [6.45, 7) is 2.00. The minimum atomic E-state index is -0.497. The summed E-state index contributed by atoms with van der Waals surface area (Å²) in [4.78, 5) is 17.1. The Morgan fingerprint density at radius 3 is 2.63 bits per heavy atom. The summed E-state index contributed by atoms with van der Waals surface area (Å²) in [6, 6.07) is 4.27. The summed E-state index contributed by atoms with van der Waals surface area (Å²) in [5.74, 6) is 0.170. The normalized spacial score (nSPS) is 15.1. The van der Waals surface area contributed by atoms with Crippen LogP contribution in [0, 0.1) is 21.8 Å². The first-order chi connectivity index (χ1) is 12.8. The van der Waals surface area contributed by atoms with Gasteiger partial charge in [-0.15, -0.1) is 0 Å². The number of hydrogen-bond acceptors (Lipinski definition) is 5. The third-order valence-corrected chi connectivity index (χ3v) is 5.45. The van der Waals surface area contributed by atoms with Crippen LogP contribution in [0.4, 0.5) is 21.6 Å². The zero-order valence-corrected chi connectivity index (χ0v) is 16.3. The number of halogens is 2. The van der Waals surface area contributed by atoms with Gasteiger partial charge in [-0.05, 0) is 43.9 Å². The predicted molar refractivity (Wildman–Crippen MR) is 106 cm³/mol. The Morgan fingerprint density at radius 1 is 1.37 bits per heavy atom. The highest BCUT2D eigenvalue weighted by Gasteiger charge is 2.29. The number of nitro groups is 1. The second-order valence-corrected chi connectivity index (χ2v) is 7.52. The van der Waals surface area contributed by atoms with Crippen LogP contribution < -0.4 is 10.2 Å². The summed E-state index contributed by atoms with van der Waals surface area (Å²) in [5.41, 5.74) is 0.640. The van der Waals surface area contributed by atoms with E-state index in [4.69, 9.17) is 11.6 Å². The third-order valence-electron chi connectivity index (χ3n) is 5.14. The summed E-state index contributed by atoms with van der Waals surface area (Å²) < 4.78 is 14.5. The van der Waals surface area contributed by atoms with Crippen LogP contribution in [0.15, 0.2) is 24.4 Å². The highest BCUT2D eigenvalue weighted by molar-refractivity contribution is 6.33. The van der Waals surface area contributed by atoms with Gasteiger partial charge in [-0.2, -0.15) is 0 Å². The quantitative estimate of drug-likeness (QED) is 0.546. The topological polar surface area (TPSA) is 71.3 Å². The number of aromatic nitrogens is 1. The molecule has 144 valence electrons. The van der Waals surface area contributed by atoms with E-state index in [0.717, 1.165) is 12.8 Å². The molecule has 0 spiro atoms. The molecule has 0 amide bonds. The van der Waals surface area contributed by atoms with Crippen molar-refractivity contribution in [2.75, 3.05) is 24.3 Å². The standard InChI is InChI=1S/C19H22ClFN4O2/c1-11(12-5-4-6-12)23-19-18(25(26)27)13(7-8-22-19)14-9-16(21)17(24(2)3)10-15(14)20/h7-12H,4-6H2,1-3H3,(H,22,23)/t11-/m1/s1. The molecule has 8 heteroatoms. The van der Waals surface area contributed by atoms with Crippen LogP contribution >= 0.6 is 11.6 Å². The largest absolute Gasteiger partial charge is 0.375 e. The van der Waals surface area contributed by atoms with Gasteiger partial charge in [0.1, 0.15) is 5.82 Å². The van der Waals surface area contributed by atoms with Crippen molar-refractivity contribution < 1.29 is 9.31 Å². The van der Waals surface area contributed by atoms with E-state index in [1.165, 1.54) is 30.8 Å². The zero-order chi connectivity index (χ0) is 19.7. The molecule has 1 aromatic heterocycles. The van der Waals surface area contributed by atoms with E-state index >= 15 is 0 Å². The van der Waals surface area contributed by atoms with Crippen molar-refractivity contribution in [1.82, 2.24) is 4.98 Å². The summed E-state index contributed by atoms with van der Waals surface area (Å²) >= 11 is 6.34. The highest BCUT2D eigenvalue weighted by atomic mass is 35.5. The Labute approximate surface area is 162 Å². The molecule has 1 N–H and O–H groups in total. The molecule has 0 unspecified atom stereocenters. The zero-order valence-electron chi connectivity index (χ0n) is 15.5. The lowest BCUT2D eigenvalue weighted by molar-refractivity contribution is -0.383. The van der Waals surface area contributed by atoms with Gasteiger partial charge in [0.15, 0.2) is 0 Å². The lowest BCUT2D eigenvalue weighted by Crippen LogP contribution is -2.31. The molecule has 6 nitrogen and oxygen atoms in total. The summed E-state index contributed by atoms with van der Waals surface area (Å²) in [6.07, 6.45) is 4.86. The molecule has 1 aromatic carbocycles. The van der Waals surface area contributed by atoms with Crippen LogP contribution in [0.2, 0.25) is 5.02 Å². The van der Waals surface area contributed by atoms with E-state index in [9.17, 15) is 14.5 Å². The summed E-state index contributed by atoms with van der Waals surface area (Å²) in [5, 5.41) is 15.2. The van der Waals surface area contributed by atoms with Gasteiger partial charge in [-0.3, -0.25) is 10.1 Å². The Balaban J connectivity index is 2.06. The molecule has 0 bridgehead atoms. The minimum Gasteiger partial charge on any atom is -0.375 e. The van der Waals surface area contributed by atoms with Crippen LogP contribution in [0.5, 0.6) is 0 Å². The van der Waals surface area contributed by atoms with Crippen LogP contribution in [0.1, 0.15) is 26.2 Å². The van der Waals surface area contributed by atoms with E-state index in [-0.39, 0.29) is 33.7 Å². The Kier molecular flexibility index (Phi) is 5.51. The molecule has 2 aromatic rings. The molecule has 1 saturated carbocycles. The average molecular weight is 393 g/mol. The van der Waals surface area contributed by atoms with Crippen molar-refractivity contribution in [3.63, 3.8) is 0 Å². The van der Waals surface area contributed by atoms with Gasteiger partial charge < -0.3 is 10.2 Å². The van der Waals surface area contributed by atoms with Crippen molar-refractivity contribution >= 4 is 28.8 Å². The molecule has 0 saturated heterocycles. The van der Waals surface area contributed by atoms with Crippen molar-refractivity contribution in [2.45, 2.75) is 32.2 Å². The first-order valence-corrected chi connectivity index (χ1v) is 9.24.